The topological polar surface area (TPSA) is 62.3 Å². The minimum atomic E-state index is -0.626. The number of carbonyl (C=O) groups is 1. The Morgan fingerprint density at radius 3 is 2.70 bits per heavy atom. The van der Waals surface area contributed by atoms with Crippen LogP contribution >= 0.6 is 0 Å². The van der Waals surface area contributed by atoms with Crippen LogP contribution in [-0.4, -0.2) is 22.7 Å². The first-order valence-corrected chi connectivity index (χ1v) is 6.21. The Hall–Kier alpha value is -2.59. The molecule has 0 atom stereocenters. The van der Waals surface area contributed by atoms with Crippen molar-refractivity contribution in [2.24, 2.45) is 0 Å². The van der Waals surface area contributed by atoms with Crippen molar-refractivity contribution in [2.75, 3.05) is 6.61 Å². The number of hydrogen-bond acceptors (Lipinski definition) is 3. The van der Waals surface area contributed by atoms with Crippen LogP contribution in [0.3, 0.4) is 0 Å². The van der Waals surface area contributed by atoms with Crippen LogP contribution in [0.2, 0.25) is 0 Å². The predicted octanol–water partition coefficient (Wildman–Crippen LogP) is 2.78. The van der Waals surface area contributed by atoms with Gasteiger partial charge in [0, 0.05) is 16.3 Å². The third-order valence-electron chi connectivity index (χ3n) is 3.19. The quantitative estimate of drug-likeness (QED) is 0.436. The molecule has 3 aromatic rings. The smallest absolute Gasteiger partial charge is 0.341 e. The molecule has 100 valence electrons. The Labute approximate surface area is 115 Å². The van der Waals surface area contributed by atoms with Crippen molar-refractivity contribution >= 4 is 27.8 Å². The Bertz CT molecular complexity index is 817. The molecular formula is C16H13NO3. The number of fused-ring (bicyclic) bond motifs is 3. The van der Waals surface area contributed by atoms with Crippen molar-refractivity contribution in [2.45, 2.75) is 0 Å². The van der Waals surface area contributed by atoms with Gasteiger partial charge in [-0.3, -0.25) is 0 Å². The number of rotatable bonds is 3. The molecule has 0 amide bonds. The second-order valence-corrected chi connectivity index (χ2v) is 4.50. The highest BCUT2D eigenvalue weighted by atomic mass is 16.5. The van der Waals surface area contributed by atoms with Gasteiger partial charge in [0.25, 0.3) is 0 Å². The van der Waals surface area contributed by atoms with Crippen LogP contribution in [0.15, 0.2) is 54.6 Å². The van der Waals surface area contributed by atoms with Gasteiger partial charge in [0.2, 0.25) is 0 Å². The van der Waals surface area contributed by atoms with Gasteiger partial charge in [0.1, 0.15) is 0 Å². The zero-order chi connectivity index (χ0) is 14.1. The van der Waals surface area contributed by atoms with Gasteiger partial charge in [-0.1, -0.05) is 36.9 Å². The molecule has 0 saturated carbocycles. The van der Waals surface area contributed by atoms with Gasteiger partial charge in [0.15, 0.2) is 5.75 Å². The summed E-state index contributed by atoms with van der Waals surface area (Å²) in [7, 11) is 0. The number of aromatic amines is 1. The maximum atomic E-state index is 11.7. The second-order valence-electron chi connectivity index (χ2n) is 4.50. The van der Waals surface area contributed by atoms with Crippen LogP contribution in [0, 0.1) is 0 Å². The summed E-state index contributed by atoms with van der Waals surface area (Å²) in [6, 6.07) is 13.4. The molecule has 0 aliphatic rings. The van der Waals surface area contributed by atoms with E-state index in [4.69, 9.17) is 9.84 Å². The first-order valence-electron chi connectivity index (χ1n) is 6.21. The normalized spacial score (nSPS) is 10.8. The number of carbonyl (C=O) groups excluding carboxylic acids is 1. The van der Waals surface area contributed by atoms with E-state index in [1.165, 1.54) is 0 Å². The fraction of sp³-hybridized carbons (Fsp3) is 0.0625. The third-order valence-corrected chi connectivity index (χ3v) is 3.19. The molecule has 0 spiro atoms. The van der Waals surface area contributed by atoms with E-state index in [1.54, 1.807) is 6.07 Å². The molecule has 0 aliphatic carbocycles. The lowest BCUT2D eigenvalue weighted by atomic mass is 10.1. The molecule has 20 heavy (non-hydrogen) atoms. The van der Waals surface area contributed by atoms with Crippen molar-refractivity contribution in [1.82, 2.24) is 4.98 Å². The van der Waals surface area contributed by atoms with Gasteiger partial charge in [-0.15, -0.1) is 0 Å². The summed E-state index contributed by atoms with van der Waals surface area (Å²) in [6.45, 7) is 3.04. The average Bonchev–Trinajstić information content (AvgIpc) is 2.86. The monoisotopic (exact) mass is 267 g/mol. The Balaban J connectivity index is 2.12. The van der Waals surface area contributed by atoms with Gasteiger partial charge in [-0.05, 0) is 12.1 Å². The zero-order valence-corrected chi connectivity index (χ0v) is 10.7. The summed E-state index contributed by atoms with van der Waals surface area (Å²) < 4.78 is 5.28. The van der Waals surface area contributed by atoms with E-state index < -0.39 is 12.6 Å². The fourth-order valence-corrected chi connectivity index (χ4v) is 2.17. The van der Waals surface area contributed by atoms with Crippen molar-refractivity contribution in [3.63, 3.8) is 0 Å². The molecule has 0 aliphatic heterocycles. The summed E-state index contributed by atoms with van der Waals surface area (Å²) in [5.74, 6) is -0.197. The molecule has 3 rings (SSSR count). The number of hydrogen-bond donors (Lipinski definition) is 2. The summed E-state index contributed by atoms with van der Waals surface area (Å²) in [4.78, 5) is 14.9. The van der Waals surface area contributed by atoms with Gasteiger partial charge < -0.3 is 14.8 Å². The van der Waals surface area contributed by atoms with Crippen LogP contribution in [0.25, 0.3) is 21.8 Å². The van der Waals surface area contributed by atoms with Gasteiger partial charge in [-0.25, -0.2) is 4.79 Å². The highest BCUT2D eigenvalue weighted by Gasteiger charge is 2.13. The van der Waals surface area contributed by atoms with E-state index in [0.717, 1.165) is 21.8 Å². The van der Waals surface area contributed by atoms with Crippen molar-refractivity contribution in [3.8, 4) is 5.75 Å². The van der Waals surface area contributed by atoms with Crippen molar-refractivity contribution in [1.29, 1.82) is 0 Å². The van der Waals surface area contributed by atoms with Crippen LogP contribution < -0.4 is 4.74 Å². The summed E-state index contributed by atoms with van der Waals surface area (Å²) in [5.41, 5.74) is 1.76. The number of ether oxygens (including phenoxy) is 1. The van der Waals surface area contributed by atoms with Gasteiger partial charge in [0.05, 0.1) is 17.7 Å². The SMILES string of the molecule is C=C(CO)C(=O)Oc1cccc2c1[nH]c1ccccc12. The number of aliphatic hydroxyl groups is 1. The van der Waals surface area contributed by atoms with Gasteiger partial charge in [-0.2, -0.15) is 0 Å². The first kappa shape index (κ1) is 12.4. The largest absolute Gasteiger partial charge is 0.421 e. The van der Waals surface area contributed by atoms with Crippen LogP contribution in [0.4, 0.5) is 0 Å². The first-order chi connectivity index (χ1) is 9.70. The second kappa shape index (κ2) is 4.83. The lowest BCUT2D eigenvalue weighted by Gasteiger charge is -2.05. The number of para-hydroxylation sites is 2. The molecule has 1 aromatic heterocycles. The number of benzene rings is 2. The van der Waals surface area contributed by atoms with E-state index in [0.29, 0.717) is 5.75 Å². The van der Waals surface area contributed by atoms with Crippen molar-refractivity contribution < 1.29 is 14.6 Å². The summed E-state index contributed by atoms with van der Waals surface area (Å²) in [6.07, 6.45) is 0. The molecule has 0 radical (unpaired) electrons. The molecule has 0 unspecified atom stereocenters. The summed E-state index contributed by atoms with van der Waals surface area (Å²) in [5, 5.41) is 11.0. The molecule has 2 aromatic carbocycles. The number of aliphatic hydroxyl groups excluding tert-OH is 1. The van der Waals surface area contributed by atoms with Crippen LogP contribution in [0.5, 0.6) is 5.75 Å². The highest BCUT2D eigenvalue weighted by molar-refractivity contribution is 6.09. The van der Waals surface area contributed by atoms with E-state index in [-0.39, 0.29) is 5.57 Å². The highest BCUT2D eigenvalue weighted by Crippen LogP contribution is 2.31. The van der Waals surface area contributed by atoms with Gasteiger partial charge >= 0.3 is 5.97 Å². The zero-order valence-electron chi connectivity index (χ0n) is 10.7. The predicted molar refractivity (Wildman–Crippen MR) is 77.7 cm³/mol. The van der Waals surface area contributed by atoms with Crippen LogP contribution in [0.1, 0.15) is 0 Å². The maximum Gasteiger partial charge on any atom is 0.341 e. The molecule has 1 heterocycles. The van der Waals surface area contributed by atoms with E-state index in [2.05, 4.69) is 11.6 Å². The number of nitrogens with one attached hydrogen (secondary N) is 1. The molecular weight excluding hydrogens is 254 g/mol. The minimum absolute atomic E-state index is 0.0260. The van der Waals surface area contributed by atoms with E-state index in [9.17, 15) is 4.79 Å². The van der Waals surface area contributed by atoms with E-state index >= 15 is 0 Å². The molecule has 0 fully saturated rings. The number of esters is 1. The number of aromatic nitrogens is 1. The maximum absolute atomic E-state index is 11.7. The Morgan fingerprint density at radius 1 is 1.15 bits per heavy atom. The number of H-pyrrole nitrogens is 1. The molecule has 4 heteroatoms. The molecule has 0 bridgehead atoms. The standard InChI is InChI=1S/C16H13NO3/c1-10(9-18)16(19)20-14-8-4-6-12-11-5-2-3-7-13(11)17-15(12)14/h2-8,17-18H,1,9H2. The van der Waals surface area contributed by atoms with Crippen LogP contribution in [-0.2, 0) is 4.79 Å². The third kappa shape index (κ3) is 1.96. The molecule has 0 saturated heterocycles. The molecule has 2 N–H and O–H groups in total. The average molecular weight is 267 g/mol. The Kier molecular flexibility index (Phi) is 3.00. The lowest BCUT2D eigenvalue weighted by molar-refractivity contribution is -0.130. The fourth-order valence-electron chi connectivity index (χ4n) is 2.17. The Morgan fingerprint density at radius 2 is 1.90 bits per heavy atom. The summed E-state index contributed by atoms with van der Waals surface area (Å²) >= 11 is 0. The van der Waals surface area contributed by atoms with Crippen molar-refractivity contribution in [3.05, 3.63) is 54.6 Å². The molecule has 4 nitrogen and oxygen atoms in total. The minimum Gasteiger partial charge on any atom is -0.421 e. The lowest BCUT2D eigenvalue weighted by Crippen LogP contribution is -2.13. The van der Waals surface area contributed by atoms with E-state index in [1.807, 2.05) is 36.4 Å².